The molecular formula is C25H26Cl2N2O3S. The molecule has 0 unspecified atom stereocenters. The summed E-state index contributed by atoms with van der Waals surface area (Å²) in [6, 6.07) is 21.8. The van der Waals surface area contributed by atoms with Gasteiger partial charge in [0, 0.05) is 5.02 Å². The number of rotatable bonds is 9. The van der Waals surface area contributed by atoms with E-state index in [-0.39, 0.29) is 21.6 Å². The highest BCUT2D eigenvalue weighted by atomic mass is 35.5. The molecule has 1 atom stereocenters. The summed E-state index contributed by atoms with van der Waals surface area (Å²) in [5.74, 6) is -0.111. The van der Waals surface area contributed by atoms with Crippen LogP contribution in [0, 0.1) is 5.92 Å². The number of benzene rings is 3. The van der Waals surface area contributed by atoms with Crippen LogP contribution in [0.4, 0.5) is 5.69 Å². The van der Waals surface area contributed by atoms with Crippen molar-refractivity contribution in [1.82, 2.24) is 5.32 Å². The Morgan fingerprint density at radius 2 is 1.55 bits per heavy atom. The Morgan fingerprint density at radius 1 is 0.939 bits per heavy atom. The van der Waals surface area contributed by atoms with E-state index in [9.17, 15) is 13.2 Å². The number of halogens is 2. The second kappa shape index (κ2) is 11.1. The zero-order chi connectivity index (χ0) is 24.0. The number of hydrogen-bond donors (Lipinski definition) is 1. The lowest BCUT2D eigenvalue weighted by Crippen LogP contribution is -2.42. The molecule has 3 rings (SSSR count). The third kappa shape index (κ3) is 6.50. The lowest BCUT2D eigenvalue weighted by atomic mass is 9.97. The van der Waals surface area contributed by atoms with Gasteiger partial charge in [0.05, 0.1) is 21.6 Å². The molecule has 5 nitrogen and oxygen atoms in total. The monoisotopic (exact) mass is 504 g/mol. The van der Waals surface area contributed by atoms with Gasteiger partial charge in [-0.1, -0.05) is 85.6 Å². The number of amides is 1. The molecule has 0 fully saturated rings. The van der Waals surface area contributed by atoms with Crippen LogP contribution in [0.25, 0.3) is 0 Å². The summed E-state index contributed by atoms with van der Waals surface area (Å²) < 4.78 is 28.0. The molecule has 0 saturated carbocycles. The molecule has 3 aromatic rings. The van der Waals surface area contributed by atoms with E-state index in [4.69, 9.17) is 23.2 Å². The molecule has 1 N–H and O–H groups in total. The highest BCUT2D eigenvalue weighted by Crippen LogP contribution is 2.32. The summed E-state index contributed by atoms with van der Waals surface area (Å²) in [7, 11) is -4.06. The van der Waals surface area contributed by atoms with Gasteiger partial charge in [0.1, 0.15) is 6.54 Å². The van der Waals surface area contributed by atoms with Gasteiger partial charge in [-0.2, -0.15) is 0 Å². The molecular weight excluding hydrogens is 479 g/mol. The first-order valence-electron chi connectivity index (χ1n) is 10.6. The quantitative estimate of drug-likeness (QED) is 0.383. The van der Waals surface area contributed by atoms with E-state index in [1.165, 1.54) is 24.3 Å². The lowest BCUT2D eigenvalue weighted by Gasteiger charge is -2.27. The minimum atomic E-state index is -4.06. The Kier molecular flexibility index (Phi) is 8.40. The molecule has 174 valence electrons. The Balaban J connectivity index is 1.95. The van der Waals surface area contributed by atoms with Crippen LogP contribution in [-0.2, 0) is 14.8 Å². The molecule has 0 aliphatic carbocycles. The standard InChI is InChI=1S/C25H26Cl2N2O3S/c1-18(2)15-23(19-9-5-3-6-10-19)28-25(30)17-29(24-14-13-20(26)16-22(24)27)33(31,32)21-11-7-4-8-12-21/h3-14,16,18,23H,15,17H2,1-2H3,(H,28,30)/t23-/m1/s1. The molecule has 8 heteroatoms. The molecule has 0 aliphatic heterocycles. The minimum Gasteiger partial charge on any atom is -0.348 e. The maximum Gasteiger partial charge on any atom is 0.264 e. The third-order valence-corrected chi connectivity index (χ3v) is 7.35. The smallest absolute Gasteiger partial charge is 0.264 e. The van der Waals surface area contributed by atoms with Crippen LogP contribution < -0.4 is 9.62 Å². The fourth-order valence-electron chi connectivity index (χ4n) is 3.51. The first-order valence-corrected chi connectivity index (χ1v) is 12.7. The normalized spacial score (nSPS) is 12.4. The van der Waals surface area contributed by atoms with Crippen LogP contribution in [0.5, 0.6) is 0 Å². The second-order valence-corrected chi connectivity index (χ2v) is 10.8. The van der Waals surface area contributed by atoms with Gasteiger partial charge >= 0.3 is 0 Å². The van der Waals surface area contributed by atoms with Crippen molar-refractivity contribution in [3.8, 4) is 0 Å². The van der Waals surface area contributed by atoms with Crippen molar-refractivity contribution in [3.05, 3.63) is 94.5 Å². The Bertz CT molecular complexity index is 1190. The van der Waals surface area contributed by atoms with E-state index < -0.39 is 22.5 Å². The van der Waals surface area contributed by atoms with Gasteiger partial charge in [0.25, 0.3) is 10.0 Å². The molecule has 3 aromatic carbocycles. The molecule has 0 saturated heterocycles. The van der Waals surface area contributed by atoms with Gasteiger partial charge in [-0.3, -0.25) is 9.10 Å². The molecule has 0 bridgehead atoms. The zero-order valence-corrected chi connectivity index (χ0v) is 20.7. The highest BCUT2D eigenvalue weighted by molar-refractivity contribution is 7.92. The third-order valence-electron chi connectivity index (χ3n) is 5.04. The molecule has 1 amide bonds. The van der Waals surface area contributed by atoms with Crippen molar-refractivity contribution >= 4 is 44.8 Å². The van der Waals surface area contributed by atoms with Gasteiger partial charge in [0.2, 0.25) is 5.91 Å². The van der Waals surface area contributed by atoms with Gasteiger partial charge < -0.3 is 5.32 Å². The fraction of sp³-hybridized carbons (Fsp3) is 0.240. The molecule has 0 aromatic heterocycles. The highest BCUT2D eigenvalue weighted by Gasteiger charge is 2.29. The predicted octanol–water partition coefficient (Wildman–Crippen LogP) is 6.09. The van der Waals surface area contributed by atoms with Crippen LogP contribution in [0.3, 0.4) is 0 Å². The van der Waals surface area contributed by atoms with Crippen molar-refractivity contribution in [3.63, 3.8) is 0 Å². The zero-order valence-electron chi connectivity index (χ0n) is 18.4. The Morgan fingerprint density at radius 3 is 2.12 bits per heavy atom. The molecule has 0 heterocycles. The summed E-state index contributed by atoms with van der Waals surface area (Å²) in [4.78, 5) is 13.2. The average Bonchev–Trinajstić information content (AvgIpc) is 2.78. The number of nitrogens with one attached hydrogen (secondary N) is 1. The van der Waals surface area contributed by atoms with Crippen molar-refractivity contribution in [1.29, 1.82) is 0 Å². The predicted molar refractivity (Wildman–Crippen MR) is 134 cm³/mol. The van der Waals surface area contributed by atoms with Gasteiger partial charge in [-0.15, -0.1) is 0 Å². The van der Waals surface area contributed by atoms with Crippen molar-refractivity contribution in [2.75, 3.05) is 10.8 Å². The van der Waals surface area contributed by atoms with Crippen molar-refractivity contribution in [2.24, 2.45) is 5.92 Å². The van der Waals surface area contributed by atoms with E-state index in [1.807, 2.05) is 30.3 Å². The summed E-state index contributed by atoms with van der Waals surface area (Å²) in [5, 5.41) is 3.51. The van der Waals surface area contributed by atoms with Crippen LogP contribution in [0.1, 0.15) is 31.9 Å². The largest absolute Gasteiger partial charge is 0.348 e. The summed E-state index contributed by atoms with van der Waals surface area (Å²) in [5.41, 5.74) is 1.14. The Hall–Kier alpha value is -2.54. The van der Waals surface area contributed by atoms with Gasteiger partial charge in [0.15, 0.2) is 0 Å². The fourth-order valence-corrected chi connectivity index (χ4v) is 5.53. The first-order chi connectivity index (χ1) is 15.7. The second-order valence-electron chi connectivity index (χ2n) is 8.08. The van der Waals surface area contributed by atoms with Gasteiger partial charge in [-0.05, 0) is 48.2 Å². The number of carbonyl (C=O) groups is 1. The van der Waals surface area contributed by atoms with Crippen molar-refractivity contribution < 1.29 is 13.2 Å². The van der Waals surface area contributed by atoms with E-state index >= 15 is 0 Å². The molecule has 33 heavy (non-hydrogen) atoms. The maximum atomic E-state index is 13.5. The van der Waals surface area contributed by atoms with Crippen molar-refractivity contribution in [2.45, 2.75) is 31.2 Å². The number of anilines is 1. The van der Waals surface area contributed by atoms with Crippen LogP contribution >= 0.6 is 23.2 Å². The number of nitrogens with zero attached hydrogens (tertiary/aromatic N) is 1. The van der Waals surface area contributed by atoms with E-state index in [0.717, 1.165) is 9.87 Å². The van der Waals surface area contributed by atoms with Crippen LogP contribution in [0.15, 0.2) is 83.8 Å². The number of hydrogen-bond acceptors (Lipinski definition) is 3. The van der Waals surface area contributed by atoms with Crippen LogP contribution in [-0.4, -0.2) is 20.9 Å². The van der Waals surface area contributed by atoms with E-state index in [1.54, 1.807) is 24.3 Å². The maximum absolute atomic E-state index is 13.5. The lowest BCUT2D eigenvalue weighted by molar-refractivity contribution is -0.120. The number of sulfonamides is 1. The molecule has 0 spiro atoms. The van der Waals surface area contributed by atoms with Crippen LogP contribution in [0.2, 0.25) is 10.0 Å². The molecule has 0 aliphatic rings. The number of carbonyl (C=O) groups excluding carboxylic acids is 1. The molecule has 0 radical (unpaired) electrons. The van der Waals surface area contributed by atoms with E-state index in [0.29, 0.717) is 17.4 Å². The summed E-state index contributed by atoms with van der Waals surface area (Å²) in [6.45, 7) is 3.71. The topological polar surface area (TPSA) is 66.5 Å². The SMILES string of the molecule is CC(C)C[C@@H](NC(=O)CN(c1ccc(Cl)cc1Cl)S(=O)(=O)c1ccccc1)c1ccccc1. The minimum absolute atomic E-state index is 0.0607. The van der Waals surface area contributed by atoms with E-state index in [2.05, 4.69) is 19.2 Å². The average molecular weight is 505 g/mol. The first kappa shape index (κ1) is 25.1. The Labute approximate surface area is 205 Å². The van der Waals surface area contributed by atoms with Gasteiger partial charge in [-0.25, -0.2) is 8.42 Å². The summed E-state index contributed by atoms with van der Waals surface area (Å²) >= 11 is 12.4. The summed E-state index contributed by atoms with van der Waals surface area (Å²) in [6.07, 6.45) is 0.711.